The van der Waals surface area contributed by atoms with E-state index in [2.05, 4.69) is 19.2 Å². The average molecular weight is 241 g/mol. The fourth-order valence-corrected chi connectivity index (χ4v) is 2.54. The van der Waals surface area contributed by atoms with E-state index >= 15 is 0 Å². The van der Waals surface area contributed by atoms with Gasteiger partial charge < -0.3 is 10.1 Å². The van der Waals surface area contributed by atoms with Gasteiger partial charge in [0, 0.05) is 0 Å². The minimum absolute atomic E-state index is 0.101. The SMILES string of the molecule is COC(=O)C(CC1CCCCC1)NCC(C)C. The van der Waals surface area contributed by atoms with Crippen LogP contribution in [-0.2, 0) is 9.53 Å². The fraction of sp³-hybridized carbons (Fsp3) is 0.929. The van der Waals surface area contributed by atoms with E-state index in [-0.39, 0.29) is 12.0 Å². The van der Waals surface area contributed by atoms with Gasteiger partial charge in [0.2, 0.25) is 0 Å². The second-order valence-electron chi connectivity index (χ2n) is 5.62. The molecule has 0 aliphatic heterocycles. The standard InChI is InChI=1S/C14H27NO2/c1-11(2)10-15-13(14(16)17-3)9-12-7-5-4-6-8-12/h11-13,15H,4-10H2,1-3H3. The van der Waals surface area contributed by atoms with Crippen LogP contribution in [0.2, 0.25) is 0 Å². The normalized spacial score (nSPS) is 19.3. The first-order chi connectivity index (χ1) is 8.13. The molecule has 0 bridgehead atoms. The van der Waals surface area contributed by atoms with Crippen molar-refractivity contribution in [1.29, 1.82) is 0 Å². The predicted octanol–water partition coefficient (Wildman–Crippen LogP) is 2.74. The van der Waals surface area contributed by atoms with Crippen molar-refractivity contribution in [2.45, 2.75) is 58.4 Å². The van der Waals surface area contributed by atoms with Crippen molar-refractivity contribution in [3.05, 3.63) is 0 Å². The highest BCUT2D eigenvalue weighted by Gasteiger charge is 2.24. The van der Waals surface area contributed by atoms with Crippen molar-refractivity contribution < 1.29 is 9.53 Å². The number of esters is 1. The Morgan fingerprint density at radius 2 is 1.94 bits per heavy atom. The number of methoxy groups -OCH3 is 1. The Morgan fingerprint density at radius 1 is 1.29 bits per heavy atom. The Hall–Kier alpha value is -0.570. The van der Waals surface area contributed by atoms with E-state index in [0.717, 1.165) is 13.0 Å². The van der Waals surface area contributed by atoms with Crippen LogP contribution in [0, 0.1) is 11.8 Å². The molecule has 1 atom stereocenters. The molecule has 1 N–H and O–H groups in total. The molecule has 0 amide bonds. The second kappa shape index (κ2) is 7.70. The highest BCUT2D eigenvalue weighted by molar-refractivity contribution is 5.75. The van der Waals surface area contributed by atoms with Gasteiger partial charge in [0.05, 0.1) is 7.11 Å². The van der Waals surface area contributed by atoms with Crippen LogP contribution in [-0.4, -0.2) is 25.7 Å². The summed E-state index contributed by atoms with van der Waals surface area (Å²) in [6.45, 7) is 5.19. The van der Waals surface area contributed by atoms with E-state index in [9.17, 15) is 4.79 Å². The van der Waals surface area contributed by atoms with Gasteiger partial charge in [0.25, 0.3) is 0 Å². The fourth-order valence-electron chi connectivity index (χ4n) is 2.54. The maximum atomic E-state index is 11.7. The minimum atomic E-state index is -0.106. The lowest BCUT2D eigenvalue weighted by Crippen LogP contribution is -2.41. The van der Waals surface area contributed by atoms with Crippen molar-refractivity contribution in [2.24, 2.45) is 11.8 Å². The summed E-state index contributed by atoms with van der Waals surface area (Å²) < 4.78 is 4.88. The average Bonchev–Trinajstić information content (AvgIpc) is 2.34. The Balaban J connectivity index is 2.41. The second-order valence-corrected chi connectivity index (χ2v) is 5.62. The van der Waals surface area contributed by atoms with Gasteiger partial charge in [-0.2, -0.15) is 0 Å². The summed E-state index contributed by atoms with van der Waals surface area (Å²) in [5.41, 5.74) is 0. The maximum absolute atomic E-state index is 11.7. The van der Waals surface area contributed by atoms with Gasteiger partial charge in [-0.3, -0.25) is 4.79 Å². The number of hydrogen-bond acceptors (Lipinski definition) is 3. The maximum Gasteiger partial charge on any atom is 0.322 e. The molecule has 17 heavy (non-hydrogen) atoms. The summed E-state index contributed by atoms with van der Waals surface area (Å²) in [7, 11) is 1.48. The summed E-state index contributed by atoms with van der Waals surface area (Å²) in [6.07, 6.45) is 7.50. The lowest BCUT2D eigenvalue weighted by atomic mass is 9.85. The molecular formula is C14H27NO2. The van der Waals surface area contributed by atoms with Crippen molar-refractivity contribution >= 4 is 5.97 Å². The smallest absolute Gasteiger partial charge is 0.322 e. The number of carbonyl (C=O) groups is 1. The van der Waals surface area contributed by atoms with Crippen LogP contribution in [0.3, 0.4) is 0 Å². The first-order valence-corrected chi connectivity index (χ1v) is 6.94. The van der Waals surface area contributed by atoms with Crippen LogP contribution < -0.4 is 5.32 Å². The van der Waals surface area contributed by atoms with E-state index in [0.29, 0.717) is 11.8 Å². The highest BCUT2D eigenvalue weighted by Crippen LogP contribution is 2.27. The van der Waals surface area contributed by atoms with Gasteiger partial charge in [-0.1, -0.05) is 46.0 Å². The number of nitrogens with one attached hydrogen (secondary N) is 1. The van der Waals surface area contributed by atoms with Crippen molar-refractivity contribution in [3.8, 4) is 0 Å². The summed E-state index contributed by atoms with van der Waals surface area (Å²) >= 11 is 0. The zero-order chi connectivity index (χ0) is 12.7. The topological polar surface area (TPSA) is 38.3 Å². The number of rotatable bonds is 6. The third-order valence-corrected chi connectivity index (χ3v) is 3.55. The quantitative estimate of drug-likeness (QED) is 0.727. The molecule has 0 heterocycles. The van der Waals surface area contributed by atoms with Gasteiger partial charge in [-0.05, 0) is 24.8 Å². The predicted molar refractivity (Wildman–Crippen MR) is 69.8 cm³/mol. The molecule has 0 saturated heterocycles. The van der Waals surface area contributed by atoms with Crippen LogP contribution in [0.15, 0.2) is 0 Å². The molecule has 1 aliphatic carbocycles. The van der Waals surface area contributed by atoms with Gasteiger partial charge in [0.1, 0.15) is 6.04 Å². The van der Waals surface area contributed by atoms with Gasteiger partial charge in [-0.25, -0.2) is 0 Å². The molecule has 0 radical (unpaired) electrons. The molecule has 3 nitrogen and oxygen atoms in total. The summed E-state index contributed by atoms with van der Waals surface area (Å²) in [5, 5.41) is 3.34. The molecule has 0 spiro atoms. The first-order valence-electron chi connectivity index (χ1n) is 6.94. The Bertz CT molecular complexity index is 222. The van der Waals surface area contributed by atoms with E-state index in [4.69, 9.17) is 4.74 Å². The largest absolute Gasteiger partial charge is 0.468 e. The van der Waals surface area contributed by atoms with Gasteiger partial charge in [-0.15, -0.1) is 0 Å². The summed E-state index contributed by atoms with van der Waals surface area (Å²) in [5.74, 6) is 1.16. The molecule has 0 aromatic carbocycles. The molecule has 1 saturated carbocycles. The Labute approximate surface area is 105 Å². The van der Waals surface area contributed by atoms with Crippen molar-refractivity contribution in [2.75, 3.05) is 13.7 Å². The zero-order valence-electron chi connectivity index (χ0n) is 11.5. The number of hydrogen-bond donors (Lipinski definition) is 1. The molecule has 1 aliphatic rings. The molecule has 100 valence electrons. The lowest BCUT2D eigenvalue weighted by molar-refractivity contribution is -0.143. The minimum Gasteiger partial charge on any atom is -0.468 e. The van der Waals surface area contributed by atoms with Crippen LogP contribution in [0.25, 0.3) is 0 Å². The molecule has 0 aromatic heterocycles. The summed E-state index contributed by atoms with van der Waals surface area (Å²) in [4.78, 5) is 11.7. The van der Waals surface area contributed by atoms with Crippen LogP contribution >= 0.6 is 0 Å². The van der Waals surface area contributed by atoms with Crippen LogP contribution in [0.5, 0.6) is 0 Å². The highest BCUT2D eigenvalue weighted by atomic mass is 16.5. The molecule has 1 fully saturated rings. The van der Waals surface area contributed by atoms with E-state index in [1.807, 2.05) is 0 Å². The molecule has 1 unspecified atom stereocenters. The van der Waals surface area contributed by atoms with Crippen LogP contribution in [0.4, 0.5) is 0 Å². The lowest BCUT2D eigenvalue weighted by Gasteiger charge is -2.26. The first kappa shape index (κ1) is 14.5. The van der Waals surface area contributed by atoms with E-state index < -0.39 is 0 Å². The Morgan fingerprint density at radius 3 is 2.47 bits per heavy atom. The third-order valence-electron chi connectivity index (χ3n) is 3.55. The molecule has 1 rings (SSSR count). The number of carbonyl (C=O) groups excluding carboxylic acids is 1. The molecule has 3 heteroatoms. The van der Waals surface area contributed by atoms with Gasteiger partial charge >= 0.3 is 5.97 Å². The zero-order valence-corrected chi connectivity index (χ0v) is 11.5. The monoisotopic (exact) mass is 241 g/mol. The Kier molecular flexibility index (Phi) is 6.56. The molecular weight excluding hydrogens is 214 g/mol. The van der Waals surface area contributed by atoms with Crippen LogP contribution in [0.1, 0.15) is 52.4 Å². The van der Waals surface area contributed by atoms with Gasteiger partial charge in [0.15, 0.2) is 0 Å². The summed E-state index contributed by atoms with van der Waals surface area (Å²) in [6, 6.07) is -0.106. The number of ether oxygens (including phenoxy) is 1. The molecule has 0 aromatic rings. The van der Waals surface area contributed by atoms with E-state index in [1.54, 1.807) is 0 Å². The third kappa shape index (κ3) is 5.53. The van der Waals surface area contributed by atoms with Crippen molar-refractivity contribution in [1.82, 2.24) is 5.32 Å². The van der Waals surface area contributed by atoms with Crippen molar-refractivity contribution in [3.63, 3.8) is 0 Å². The van der Waals surface area contributed by atoms with E-state index in [1.165, 1.54) is 39.2 Å².